The van der Waals surface area contributed by atoms with Crippen LogP contribution in [0.5, 0.6) is 0 Å². The van der Waals surface area contributed by atoms with Gasteiger partial charge in [-0.15, -0.1) is 0 Å². The summed E-state index contributed by atoms with van der Waals surface area (Å²) in [6.45, 7) is 2.20. The van der Waals surface area contributed by atoms with Crippen molar-refractivity contribution in [3.05, 3.63) is 144 Å². The molecular formula is C34H35IO5S. The van der Waals surface area contributed by atoms with Gasteiger partial charge in [-0.3, -0.25) is 0 Å². The first-order valence-electron chi connectivity index (χ1n) is 13.8. The lowest BCUT2D eigenvalue weighted by Crippen LogP contribution is -2.60. The fourth-order valence-corrected chi connectivity index (χ4v) is 6.57. The molecule has 0 aliphatic carbocycles. The quantitative estimate of drug-likeness (QED) is 0.127. The standard InChI is InChI=1S/C34H35IO5S/c35-41-34-33(39-24-29-19-11-4-12-20-29)32(38-23-28-17-9-3-10-18-28)31(37-22-27-15-7-2-8-16-27)30(40-34)25-36-21-26-13-5-1-6-14-26/h1-20,30-34H,21-25H2/t30?,31-,32?,33?,34+/m1/s1. The molecular weight excluding hydrogens is 647 g/mol. The van der Waals surface area contributed by atoms with E-state index in [1.54, 1.807) is 8.93 Å². The molecule has 0 amide bonds. The van der Waals surface area contributed by atoms with Gasteiger partial charge in [0.15, 0.2) is 0 Å². The van der Waals surface area contributed by atoms with Crippen LogP contribution in [-0.4, -0.2) is 36.5 Å². The molecule has 1 aliphatic heterocycles. The summed E-state index contributed by atoms with van der Waals surface area (Å²) >= 11 is 2.30. The number of rotatable bonds is 14. The lowest BCUT2D eigenvalue weighted by molar-refractivity contribution is -0.254. The lowest BCUT2D eigenvalue weighted by atomic mass is 9.98. The summed E-state index contributed by atoms with van der Waals surface area (Å²) in [6.07, 6.45) is -1.48. The van der Waals surface area contributed by atoms with Gasteiger partial charge in [0.25, 0.3) is 0 Å². The minimum absolute atomic E-state index is 0.262. The van der Waals surface area contributed by atoms with E-state index in [1.165, 1.54) is 0 Å². The largest absolute Gasteiger partial charge is 0.374 e. The fraction of sp³-hybridized carbons (Fsp3) is 0.294. The van der Waals surface area contributed by atoms with Crippen molar-refractivity contribution in [1.29, 1.82) is 0 Å². The Labute approximate surface area is 259 Å². The van der Waals surface area contributed by atoms with Gasteiger partial charge in [0.05, 0.1) is 33.0 Å². The van der Waals surface area contributed by atoms with Gasteiger partial charge in [-0.1, -0.05) is 130 Å². The number of ether oxygens (including phenoxy) is 5. The van der Waals surface area contributed by atoms with Crippen molar-refractivity contribution in [3.8, 4) is 0 Å². The Bertz CT molecular complexity index is 1270. The van der Waals surface area contributed by atoms with Crippen LogP contribution in [0.2, 0.25) is 0 Å². The Kier molecular flexibility index (Phi) is 12.1. The molecule has 0 bridgehead atoms. The minimum atomic E-state index is -0.407. The summed E-state index contributed by atoms with van der Waals surface area (Å²) in [5, 5.41) is 0. The Morgan fingerprint density at radius 1 is 0.512 bits per heavy atom. The van der Waals surface area contributed by atoms with E-state index in [2.05, 4.69) is 69.7 Å². The van der Waals surface area contributed by atoms with E-state index in [-0.39, 0.29) is 23.7 Å². The number of halogens is 1. The van der Waals surface area contributed by atoms with E-state index in [0.29, 0.717) is 33.0 Å². The molecule has 5 atom stereocenters. The summed E-state index contributed by atoms with van der Waals surface area (Å²) in [5.74, 6) is 0. The monoisotopic (exact) mass is 682 g/mol. The SMILES string of the molecule is IS[C@@H]1OC(COCc2ccccc2)[C@@H](OCc2ccccc2)C(OCc2ccccc2)C1OCc1ccccc1. The van der Waals surface area contributed by atoms with Crippen LogP contribution in [0, 0.1) is 0 Å². The smallest absolute Gasteiger partial charge is 0.142 e. The van der Waals surface area contributed by atoms with Gasteiger partial charge < -0.3 is 23.7 Å². The zero-order chi connectivity index (χ0) is 28.1. The highest BCUT2D eigenvalue weighted by Crippen LogP contribution is 2.37. The second kappa shape index (κ2) is 16.4. The normalized spacial score (nSPS) is 22.4. The second-order valence-electron chi connectivity index (χ2n) is 9.92. The average Bonchev–Trinajstić information content (AvgIpc) is 3.04. The van der Waals surface area contributed by atoms with E-state index >= 15 is 0 Å². The van der Waals surface area contributed by atoms with E-state index in [4.69, 9.17) is 23.7 Å². The third-order valence-electron chi connectivity index (χ3n) is 6.93. The fourth-order valence-electron chi connectivity index (χ4n) is 4.82. The lowest BCUT2D eigenvalue weighted by Gasteiger charge is -2.45. The molecule has 4 aromatic carbocycles. The molecule has 0 saturated carbocycles. The summed E-state index contributed by atoms with van der Waals surface area (Å²) < 4.78 is 32.8. The molecule has 5 nitrogen and oxygen atoms in total. The van der Waals surface area contributed by atoms with Crippen molar-refractivity contribution in [2.24, 2.45) is 0 Å². The van der Waals surface area contributed by atoms with Gasteiger partial charge in [0, 0.05) is 0 Å². The first-order chi connectivity index (χ1) is 20.3. The Balaban J connectivity index is 1.38. The predicted molar refractivity (Wildman–Crippen MR) is 171 cm³/mol. The van der Waals surface area contributed by atoms with Gasteiger partial charge in [-0.05, 0) is 43.5 Å². The van der Waals surface area contributed by atoms with Crippen molar-refractivity contribution in [2.45, 2.75) is 56.3 Å². The predicted octanol–water partition coefficient (Wildman–Crippen LogP) is 7.77. The summed E-state index contributed by atoms with van der Waals surface area (Å²) in [6, 6.07) is 40.8. The van der Waals surface area contributed by atoms with Gasteiger partial charge in [0.1, 0.15) is 29.9 Å². The first kappa shape index (κ1) is 30.2. The number of hydrogen-bond donors (Lipinski definition) is 0. The molecule has 1 aliphatic rings. The molecule has 3 unspecified atom stereocenters. The number of hydrogen-bond acceptors (Lipinski definition) is 6. The molecule has 1 fully saturated rings. The van der Waals surface area contributed by atoms with Crippen molar-refractivity contribution in [2.75, 3.05) is 6.61 Å². The van der Waals surface area contributed by atoms with Crippen molar-refractivity contribution < 1.29 is 23.7 Å². The molecule has 0 N–H and O–H groups in total. The molecule has 214 valence electrons. The minimum Gasteiger partial charge on any atom is -0.374 e. The Morgan fingerprint density at radius 2 is 0.902 bits per heavy atom. The van der Waals surface area contributed by atoms with Crippen molar-refractivity contribution >= 4 is 30.1 Å². The average molecular weight is 683 g/mol. The first-order valence-corrected chi connectivity index (χ1v) is 17.2. The van der Waals surface area contributed by atoms with Gasteiger partial charge in [-0.25, -0.2) is 0 Å². The zero-order valence-electron chi connectivity index (χ0n) is 22.8. The Morgan fingerprint density at radius 3 is 1.34 bits per heavy atom. The second-order valence-corrected chi connectivity index (χ2v) is 12.1. The highest BCUT2D eigenvalue weighted by atomic mass is 127. The maximum atomic E-state index is 6.70. The third kappa shape index (κ3) is 9.12. The third-order valence-corrected chi connectivity index (χ3v) is 8.99. The van der Waals surface area contributed by atoms with Crippen molar-refractivity contribution in [1.82, 2.24) is 0 Å². The summed E-state index contributed by atoms with van der Waals surface area (Å²) in [7, 11) is 1.60. The molecule has 7 heteroatoms. The van der Waals surface area contributed by atoms with Crippen LogP contribution < -0.4 is 0 Å². The molecule has 0 spiro atoms. The van der Waals surface area contributed by atoms with E-state index in [9.17, 15) is 0 Å². The van der Waals surface area contributed by atoms with E-state index in [1.807, 2.05) is 72.8 Å². The molecule has 1 saturated heterocycles. The highest BCUT2D eigenvalue weighted by Gasteiger charge is 2.48. The molecule has 1 heterocycles. The molecule has 41 heavy (non-hydrogen) atoms. The van der Waals surface area contributed by atoms with Crippen LogP contribution in [0.1, 0.15) is 22.3 Å². The molecule has 0 aromatic heterocycles. The Hall–Kier alpha value is -2.24. The zero-order valence-corrected chi connectivity index (χ0v) is 25.8. The topological polar surface area (TPSA) is 46.2 Å². The van der Waals surface area contributed by atoms with E-state index in [0.717, 1.165) is 22.3 Å². The van der Waals surface area contributed by atoms with E-state index < -0.39 is 6.10 Å². The summed E-state index contributed by atoms with van der Waals surface area (Å²) in [5.41, 5.74) is 4.14. The van der Waals surface area contributed by atoms with Gasteiger partial charge in [0.2, 0.25) is 0 Å². The van der Waals surface area contributed by atoms with Crippen LogP contribution in [-0.2, 0) is 50.1 Å². The van der Waals surface area contributed by atoms with Crippen molar-refractivity contribution in [3.63, 3.8) is 0 Å². The van der Waals surface area contributed by atoms with Gasteiger partial charge in [-0.2, -0.15) is 0 Å². The van der Waals surface area contributed by atoms with Crippen LogP contribution in [0.15, 0.2) is 121 Å². The molecule has 5 rings (SSSR count). The van der Waals surface area contributed by atoms with Crippen LogP contribution >= 0.6 is 30.1 Å². The number of benzene rings is 4. The molecule has 0 radical (unpaired) electrons. The highest BCUT2D eigenvalue weighted by molar-refractivity contribution is 14.2. The van der Waals surface area contributed by atoms with Crippen LogP contribution in [0.3, 0.4) is 0 Å². The van der Waals surface area contributed by atoms with Crippen LogP contribution in [0.4, 0.5) is 0 Å². The summed E-state index contributed by atoms with van der Waals surface area (Å²) in [4.78, 5) is 0. The van der Waals surface area contributed by atoms with Gasteiger partial charge >= 0.3 is 0 Å². The maximum Gasteiger partial charge on any atom is 0.142 e. The maximum absolute atomic E-state index is 6.70. The molecule has 4 aromatic rings. The van der Waals surface area contributed by atoms with Crippen LogP contribution in [0.25, 0.3) is 0 Å².